The molecule has 1 saturated carbocycles. The van der Waals surface area contributed by atoms with E-state index in [-0.39, 0.29) is 5.92 Å². The number of hydrogen-bond donors (Lipinski definition) is 1. The van der Waals surface area contributed by atoms with Crippen LogP contribution in [0.4, 0.5) is 0 Å². The lowest BCUT2D eigenvalue weighted by molar-refractivity contribution is -0.137. The summed E-state index contributed by atoms with van der Waals surface area (Å²) in [6.45, 7) is 3.94. The Bertz CT molecular complexity index is 986. The van der Waals surface area contributed by atoms with Crippen LogP contribution in [-0.4, -0.2) is 43.4 Å². The smallest absolute Gasteiger partial charge is 0.225 e. The van der Waals surface area contributed by atoms with Crippen molar-refractivity contribution < 1.29 is 4.79 Å². The van der Waals surface area contributed by atoms with E-state index in [4.69, 9.17) is 0 Å². The Morgan fingerprint density at radius 1 is 1.17 bits per heavy atom. The lowest BCUT2D eigenvalue weighted by Gasteiger charge is -2.29. The second-order valence-corrected chi connectivity index (χ2v) is 8.86. The molecule has 2 atom stereocenters. The van der Waals surface area contributed by atoms with Crippen molar-refractivity contribution >= 4 is 16.8 Å². The van der Waals surface area contributed by atoms with Gasteiger partial charge in [-0.3, -0.25) is 14.6 Å². The summed E-state index contributed by atoms with van der Waals surface area (Å²) in [7, 11) is 0. The first kappa shape index (κ1) is 18.4. The summed E-state index contributed by atoms with van der Waals surface area (Å²) in [5.41, 5.74) is 3.38. The zero-order valence-corrected chi connectivity index (χ0v) is 17.1. The van der Waals surface area contributed by atoms with Gasteiger partial charge in [0.05, 0.1) is 17.9 Å². The first-order valence-electron chi connectivity index (χ1n) is 10.9. The summed E-state index contributed by atoms with van der Waals surface area (Å²) in [6.07, 6.45) is 12.6. The highest BCUT2D eigenvalue weighted by Crippen LogP contribution is 2.32. The van der Waals surface area contributed by atoms with Crippen LogP contribution in [0, 0.1) is 11.8 Å². The maximum absolute atomic E-state index is 13.0. The molecule has 3 heterocycles. The van der Waals surface area contributed by atoms with Gasteiger partial charge >= 0.3 is 0 Å². The topological polar surface area (TPSA) is 66.8 Å². The molecule has 0 radical (unpaired) electrons. The fourth-order valence-electron chi connectivity index (χ4n) is 5.23. The minimum atomic E-state index is 0.261. The second kappa shape index (κ2) is 7.65. The minimum Gasteiger partial charge on any atom is -0.339 e. The van der Waals surface area contributed by atoms with E-state index in [2.05, 4.69) is 50.0 Å². The number of nitrogens with one attached hydrogen (secondary N) is 1. The Morgan fingerprint density at radius 3 is 2.83 bits per heavy atom. The standard InChI is InChI=1S/C23H29N5O/c1-16-9-17(14-27(16)23(29)18-5-3-2-4-6-18)15-28-22-8-7-19(10-20(22)13-26-28)21-11-24-25-12-21/h7-8,10-13,16-18H,2-6,9,14-15H2,1H3,(H,24,25)/t16-,17+/m1/s1. The molecule has 0 spiro atoms. The summed E-state index contributed by atoms with van der Waals surface area (Å²) < 4.78 is 2.11. The average Bonchev–Trinajstić information content (AvgIpc) is 3.49. The molecule has 29 heavy (non-hydrogen) atoms. The number of rotatable bonds is 4. The molecular formula is C23H29N5O. The van der Waals surface area contributed by atoms with Crippen molar-refractivity contribution in [3.63, 3.8) is 0 Å². The van der Waals surface area contributed by atoms with E-state index in [0.29, 0.717) is 17.9 Å². The fraction of sp³-hybridized carbons (Fsp3) is 0.522. The number of aromatic amines is 1. The monoisotopic (exact) mass is 391 g/mol. The van der Waals surface area contributed by atoms with Gasteiger partial charge in [0.15, 0.2) is 0 Å². The zero-order valence-electron chi connectivity index (χ0n) is 17.1. The molecule has 2 fully saturated rings. The molecule has 1 aliphatic heterocycles. The van der Waals surface area contributed by atoms with Crippen LogP contribution in [0.5, 0.6) is 0 Å². The number of aromatic nitrogens is 4. The SMILES string of the molecule is C[C@@H]1C[C@H](Cn2ncc3cc(-c4cn[nH]c4)ccc32)CN1C(=O)C1CCCCC1. The van der Waals surface area contributed by atoms with E-state index in [0.717, 1.165) is 54.4 Å². The molecule has 3 aromatic rings. The Morgan fingerprint density at radius 2 is 2.03 bits per heavy atom. The Labute approximate surface area is 171 Å². The molecule has 0 unspecified atom stereocenters. The number of carbonyl (C=O) groups is 1. The van der Waals surface area contributed by atoms with Crippen molar-refractivity contribution in [2.75, 3.05) is 6.54 Å². The van der Waals surface area contributed by atoms with Crippen molar-refractivity contribution in [2.45, 2.75) is 58.0 Å². The lowest BCUT2D eigenvalue weighted by atomic mass is 9.88. The average molecular weight is 392 g/mol. The van der Waals surface area contributed by atoms with Gasteiger partial charge in [-0.15, -0.1) is 0 Å². The third-order valence-corrected chi connectivity index (χ3v) is 6.80. The van der Waals surface area contributed by atoms with Gasteiger partial charge in [-0.2, -0.15) is 10.2 Å². The number of fused-ring (bicyclic) bond motifs is 1. The molecule has 5 rings (SSSR count). The third kappa shape index (κ3) is 3.56. The van der Waals surface area contributed by atoms with Crippen LogP contribution < -0.4 is 0 Å². The molecule has 6 heteroatoms. The van der Waals surface area contributed by atoms with Crippen molar-refractivity contribution in [2.24, 2.45) is 11.8 Å². The maximum Gasteiger partial charge on any atom is 0.225 e. The van der Waals surface area contributed by atoms with Crippen molar-refractivity contribution in [3.05, 3.63) is 36.8 Å². The molecule has 6 nitrogen and oxygen atoms in total. The van der Waals surface area contributed by atoms with Crippen LogP contribution in [0.2, 0.25) is 0 Å². The van der Waals surface area contributed by atoms with Crippen molar-refractivity contribution in [1.29, 1.82) is 0 Å². The van der Waals surface area contributed by atoms with E-state index < -0.39 is 0 Å². The van der Waals surface area contributed by atoms with E-state index in [1.165, 1.54) is 19.3 Å². The molecule has 2 aliphatic rings. The predicted octanol–water partition coefficient (Wildman–Crippen LogP) is 4.24. The molecule has 1 aliphatic carbocycles. The normalized spacial score (nSPS) is 23.1. The van der Waals surface area contributed by atoms with E-state index in [9.17, 15) is 4.79 Å². The molecule has 1 N–H and O–H groups in total. The van der Waals surface area contributed by atoms with Gasteiger partial charge in [0.25, 0.3) is 0 Å². The number of hydrogen-bond acceptors (Lipinski definition) is 3. The summed E-state index contributed by atoms with van der Waals surface area (Å²) >= 11 is 0. The first-order chi connectivity index (χ1) is 14.2. The van der Waals surface area contributed by atoms with Gasteiger partial charge in [0.2, 0.25) is 5.91 Å². The highest BCUT2D eigenvalue weighted by Gasteiger charge is 2.36. The van der Waals surface area contributed by atoms with Gasteiger partial charge < -0.3 is 4.90 Å². The molecule has 2 aromatic heterocycles. The van der Waals surface area contributed by atoms with Gasteiger partial charge in [-0.05, 0) is 49.8 Å². The van der Waals surface area contributed by atoms with E-state index >= 15 is 0 Å². The predicted molar refractivity (Wildman–Crippen MR) is 113 cm³/mol. The summed E-state index contributed by atoms with van der Waals surface area (Å²) in [4.78, 5) is 15.2. The number of carbonyl (C=O) groups excluding carboxylic acids is 1. The largest absolute Gasteiger partial charge is 0.339 e. The van der Waals surface area contributed by atoms with Crippen molar-refractivity contribution in [1.82, 2.24) is 24.9 Å². The Balaban J connectivity index is 1.29. The number of H-pyrrole nitrogens is 1. The lowest BCUT2D eigenvalue weighted by Crippen LogP contribution is -2.39. The molecule has 1 saturated heterocycles. The maximum atomic E-state index is 13.0. The second-order valence-electron chi connectivity index (χ2n) is 8.86. The zero-order chi connectivity index (χ0) is 19.8. The van der Waals surface area contributed by atoms with Crippen LogP contribution in [-0.2, 0) is 11.3 Å². The number of amides is 1. The Kier molecular flexibility index (Phi) is 4.86. The molecule has 1 amide bonds. The van der Waals surface area contributed by atoms with Crippen molar-refractivity contribution in [3.8, 4) is 11.1 Å². The molecule has 0 bridgehead atoms. The summed E-state index contributed by atoms with van der Waals surface area (Å²) in [5, 5.41) is 12.7. The van der Waals surface area contributed by atoms with Gasteiger partial charge in [0.1, 0.15) is 0 Å². The van der Waals surface area contributed by atoms with Crippen LogP contribution >= 0.6 is 0 Å². The number of nitrogens with zero attached hydrogens (tertiary/aromatic N) is 4. The molecule has 152 valence electrons. The van der Waals surface area contributed by atoms with Crippen LogP contribution in [0.1, 0.15) is 45.4 Å². The summed E-state index contributed by atoms with van der Waals surface area (Å²) in [6, 6.07) is 6.78. The third-order valence-electron chi connectivity index (χ3n) is 6.80. The number of likely N-dealkylation sites (tertiary alicyclic amines) is 1. The van der Waals surface area contributed by atoms with Gasteiger partial charge in [-0.25, -0.2) is 0 Å². The number of benzene rings is 1. The highest BCUT2D eigenvalue weighted by molar-refractivity contribution is 5.84. The van der Waals surface area contributed by atoms with Gasteiger partial charge in [0, 0.05) is 42.2 Å². The molecular weight excluding hydrogens is 362 g/mol. The highest BCUT2D eigenvalue weighted by atomic mass is 16.2. The van der Waals surface area contributed by atoms with E-state index in [1.807, 2.05) is 18.6 Å². The molecule has 1 aromatic carbocycles. The van der Waals surface area contributed by atoms with Crippen LogP contribution in [0.25, 0.3) is 22.0 Å². The first-order valence-corrected chi connectivity index (χ1v) is 10.9. The van der Waals surface area contributed by atoms with Gasteiger partial charge in [-0.1, -0.05) is 25.3 Å². The van der Waals surface area contributed by atoms with E-state index in [1.54, 1.807) is 0 Å². The van der Waals surface area contributed by atoms with Crippen LogP contribution in [0.3, 0.4) is 0 Å². The Hall–Kier alpha value is -2.63. The van der Waals surface area contributed by atoms with Crippen LogP contribution in [0.15, 0.2) is 36.8 Å². The quantitative estimate of drug-likeness (QED) is 0.723. The fourth-order valence-corrected chi connectivity index (χ4v) is 5.23. The minimum absolute atomic E-state index is 0.261. The summed E-state index contributed by atoms with van der Waals surface area (Å²) in [5.74, 6) is 1.13.